The van der Waals surface area contributed by atoms with Crippen molar-refractivity contribution < 1.29 is 4.79 Å². The molecule has 2 aromatic rings. The van der Waals surface area contributed by atoms with E-state index in [0.717, 1.165) is 12.3 Å². The molecule has 1 saturated carbocycles. The lowest BCUT2D eigenvalue weighted by molar-refractivity contribution is -0.118. The molecule has 1 fully saturated rings. The molecule has 2 aromatic carbocycles. The molecule has 0 unspecified atom stereocenters. The van der Waals surface area contributed by atoms with Crippen molar-refractivity contribution in [3.8, 4) is 0 Å². The van der Waals surface area contributed by atoms with Crippen LogP contribution in [-0.4, -0.2) is 12.5 Å². The Morgan fingerprint density at radius 2 is 2.05 bits per heavy atom. The Bertz CT molecular complexity index is 656. The summed E-state index contributed by atoms with van der Waals surface area (Å²) in [6.45, 7) is 4.41. The Labute approximate surface area is 120 Å². The van der Waals surface area contributed by atoms with E-state index in [9.17, 15) is 4.79 Å². The van der Waals surface area contributed by atoms with Crippen molar-refractivity contribution in [3.63, 3.8) is 0 Å². The Hall–Kier alpha value is -1.83. The van der Waals surface area contributed by atoms with Crippen LogP contribution in [0.15, 0.2) is 30.3 Å². The highest BCUT2D eigenvalue weighted by Gasteiger charge is 2.23. The fourth-order valence-electron chi connectivity index (χ4n) is 2.87. The van der Waals surface area contributed by atoms with Crippen molar-refractivity contribution in [1.82, 2.24) is 5.32 Å². The maximum absolute atomic E-state index is 11.0. The van der Waals surface area contributed by atoms with Gasteiger partial charge in [-0.3, -0.25) is 4.79 Å². The van der Waals surface area contributed by atoms with Gasteiger partial charge in [0, 0.05) is 13.5 Å². The van der Waals surface area contributed by atoms with E-state index in [1.54, 1.807) is 6.92 Å². The van der Waals surface area contributed by atoms with Crippen LogP contribution < -0.4 is 5.32 Å². The second-order valence-corrected chi connectivity index (χ2v) is 5.91. The van der Waals surface area contributed by atoms with E-state index < -0.39 is 0 Å². The Morgan fingerprint density at radius 1 is 1.25 bits per heavy atom. The third-order valence-electron chi connectivity index (χ3n) is 4.03. The highest BCUT2D eigenvalue weighted by atomic mass is 16.1. The minimum absolute atomic E-state index is 0.0422. The molecule has 0 aliphatic heterocycles. The number of amides is 1. The maximum atomic E-state index is 11.0. The zero-order valence-corrected chi connectivity index (χ0v) is 12.2. The Morgan fingerprint density at radius 3 is 2.75 bits per heavy atom. The number of carbonyl (C=O) groups excluding carboxylic acids is 1. The Kier molecular flexibility index (Phi) is 3.47. The van der Waals surface area contributed by atoms with Gasteiger partial charge in [0.15, 0.2) is 0 Å². The third kappa shape index (κ3) is 2.84. The van der Waals surface area contributed by atoms with Crippen molar-refractivity contribution in [2.45, 2.75) is 39.0 Å². The van der Waals surface area contributed by atoms with Crippen molar-refractivity contribution in [2.75, 3.05) is 6.54 Å². The number of carbonyl (C=O) groups is 1. The van der Waals surface area contributed by atoms with Crippen LogP contribution in [0.1, 0.15) is 42.4 Å². The first-order chi connectivity index (χ1) is 9.63. The van der Waals surface area contributed by atoms with Crippen LogP contribution in [-0.2, 0) is 11.2 Å². The summed E-state index contributed by atoms with van der Waals surface area (Å²) in [6, 6.07) is 11.4. The number of rotatable bonds is 4. The van der Waals surface area contributed by atoms with Crippen molar-refractivity contribution in [1.29, 1.82) is 0 Å². The fourth-order valence-corrected chi connectivity index (χ4v) is 2.87. The number of fused-ring (bicyclic) bond motifs is 1. The molecule has 0 saturated heterocycles. The molecule has 1 amide bonds. The van der Waals surface area contributed by atoms with Gasteiger partial charge in [-0.25, -0.2) is 0 Å². The first kappa shape index (κ1) is 13.2. The average Bonchev–Trinajstić information content (AvgIpc) is 3.22. The molecule has 104 valence electrons. The van der Waals surface area contributed by atoms with E-state index in [0.29, 0.717) is 6.54 Å². The number of hydrogen-bond donors (Lipinski definition) is 1. The normalized spacial score (nSPS) is 14.5. The molecule has 0 spiro atoms. The standard InChI is InChI=1S/C18H21NO/c1-12-9-16-6-5-15(14-3-4-14)11-18(16)17(10-12)7-8-19-13(2)20/h5-6,9-11,14H,3-4,7-8H2,1-2H3,(H,19,20). The molecule has 2 nitrogen and oxygen atoms in total. The topological polar surface area (TPSA) is 29.1 Å². The quantitative estimate of drug-likeness (QED) is 0.899. The lowest BCUT2D eigenvalue weighted by atomic mass is 9.96. The van der Waals surface area contributed by atoms with Gasteiger partial charge in [-0.2, -0.15) is 0 Å². The van der Waals surface area contributed by atoms with Gasteiger partial charge < -0.3 is 5.32 Å². The molecule has 0 atom stereocenters. The minimum atomic E-state index is 0.0422. The molecular formula is C18H21NO. The second kappa shape index (κ2) is 5.28. The van der Waals surface area contributed by atoms with Gasteiger partial charge in [0.05, 0.1) is 0 Å². The van der Waals surface area contributed by atoms with E-state index >= 15 is 0 Å². The molecule has 0 radical (unpaired) electrons. The SMILES string of the molecule is CC(=O)NCCc1cc(C)cc2ccc(C3CC3)cc12. The summed E-state index contributed by atoms with van der Waals surface area (Å²) in [4.78, 5) is 11.0. The lowest BCUT2D eigenvalue weighted by Crippen LogP contribution is -2.22. The fraction of sp³-hybridized carbons (Fsp3) is 0.389. The summed E-state index contributed by atoms with van der Waals surface area (Å²) >= 11 is 0. The van der Waals surface area contributed by atoms with E-state index in [2.05, 4.69) is 42.6 Å². The van der Waals surface area contributed by atoms with E-state index in [-0.39, 0.29) is 5.91 Å². The van der Waals surface area contributed by atoms with E-state index in [4.69, 9.17) is 0 Å². The number of benzene rings is 2. The van der Waals surface area contributed by atoms with Gasteiger partial charge >= 0.3 is 0 Å². The maximum Gasteiger partial charge on any atom is 0.216 e. The molecule has 0 bridgehead atoms. The zero-order chi connectivity index (χ0) is 14.1. The highest BCUT2D eigenvalue weighted by molar-refractivity contribution is 5.87. The van der Waals surface area contributed by atoms with Gasteiger partial charge in [0.25, 0.3) is 0 Å². The molecule has 2 heteroatoms. The van der Waals surface area contributed by atoms with Crippen molar-refractivity contribution in [2.24, 2.45) is 0 Å². The van der Waals surface area contributed by atoms with Crippen LogP contribution in [0.2, 0.25) is 0 Å². The summed E-state index contributed by atoms with van der Waals surface area (Å²) < 4.78 is 0. The molecule has 1 aliphatic rings. The van der Waals surface area contributed by atoms with Gasteiger partial charge in [-0.05, 0) is 54.0 Å². The molecule has 3 rings (SSSR count). The van der Waals surface area contributed by atoms with Crippen LogP contribution in [0, 0.1) is 6.92 Å². The summed E-state index contributed by atoms with van der Waals surface area (Å²) in [7, 11) is 0. The van der Waals surface area contributed by atoms with Gasteiger partial charge in [0.2, 0.25) is 5.91 Å². The van der Waals surface area contributed by atoms with Crippen molar-refractivity contribution >= 4 is 16.7 Å². The largest absolute Gasteiger partial charge is 0.356 e. The van der Waals surface area contributed by atoms with Crippen LogP contribution in [0.3, 0.4) is 0 Å². The third-order valence-corrected chi connectivity index (χ3v) is 4.03. The molecule has 0 aromatic heterocycles. The Balaban J connectivity index is 1.94. The molecule has 0 heterocycles. The number of nitrogens with one attached hydrogen (secondary N) is 1. The van der Waals surface area contributed by atoms with Crippen molar-refractivity contribution in [3.05, 3.63) is 47.0 Å². The molecule has 1 N–H and O–H groups in total. The summed E-state index contributed by atoms with van der Waals surface area (Å²) in [5.41, 5.74) is 4.10. The average molecular weight is 267 g/mol. The number of hydrogen-bond acceptors (Lipinski definition) is 1. The second-order valence-electron chi connectivity index (χ2n) is 5.91. The van der Waals surface area contributed by atoms with Crippen LogP contribution >= 0.6 is 0 Å². The van der Waals surface area contributed by atoms with Crippen LogP contribution in [0.4, 0.5) is 0 Å². The molecule has 1 aliphatic carbocycles. The number of aryl methyl sites for hydroxylation is 1. The first-order valence-electron chi connectivity index (χ1n) is 7.41. The predicted octanol–water partition coefficient (Wildman–Crippen LogP) is 3.70. The van der Waals surface area contributed by atoms with Gasteiger partial charge in [0.1, 0.15) is 0 Å². The monoisotopic (exact) mass is 267 g/mol. The predicted molar refractivity (Wildman–Crippen MR) is 83.0 cm³/mol. The summed E-state index contributed by atoms with van der Waals surface area (Å²) in [6.07, 6.45) is 3.56. The lowest BCUT2D eigenvalue weighted by Gasteiger charge is -2.11. The van der Waals surface area contributed by atoms with E-state index in [1.807, 2.05) is 0 Å². The summed E-state index contributed by atoms with van der Waals surface area (Å²) in [5, 5.41) is 5.55. The van der Waals surface area contributed by atoms with Gasteiger partial charge in [-0.15, -0.1) is 0 Å². The first-order valence-corrected chi connectivity index (χ1v) is 7.41. The summed E-state index contributed by atoms with van der Waals surface area (Å²) in [5.74, 6) is 0.824. The molecular weight excluding hydrogens is 246 g/mol. The highest BCUT2D eigenvalue weighted by Crippen LogP contribution is 2.41. The molecule has 20 heavy (non-hydrogen) atoms. The van der Waals surface area contributed by atoms with Crippen LogP contribution in [0.5, 0.6) is 0 Å². The smallest absolute Gasteiger partial charge is 0.216 e. The van der Waals surface area contributed by atoms with E-state index in [1.165, 1.54) is 40.3 Å². The van der Waals surface area contributed by atoms with Gasteiger partial charge in [-0.1, -0.05) is 35.9 Å². The van der Waals surface area contributed by atoms with Crippen LogP contribution in [0.25, 0.3) is 10.8 Å². The zero-order valence-electron chi connectivity index (χ0n) is 12.2. The minimum Gasteiger partial charge on any atom is -0.356 e.